The van der Waals surface area contributed by atoms with Crippen LogP contribution in [0.1, 0.15) is 5.56 Å². The van der Waals surface area contributed by atoms with Crippen LogP contribution in [0.2, 0.25) is 5.02 Å². The van der Waals surface area contributed by atoms with E-state index in [0.717, 1.165) is 11.3 Å². The summed E-state index contributed by atoms with van der Waals surface area (Å²) < 4.78 is 18.4. The van der Waals surface area contributed by atoms with Crippen molar-refractivity contribution in [1.82, 2.24) is 0 Å². The molecular formula is C14H9ClFNO. The molecule has 0 saturated carbocycles. The molecule has 0 amide bonds. The number of halogens is 2. The van der Waals surface area contributed by atoms with Crippen molar-refractivity contribution < 1.29 is 9.13 Å². The van der Waals surface area contributed by atoms with Gasteiger partial charge in [0.15, 0.2) is 0 Å². The first kappa shape index (κ1) is 11.2. The van der Waals surface area contributed by atoms with Crippen LogP contribution in [-0.4, -0.2) is 12.3 Å². The van der Waals surface area contributed by atoms with Gasteiger partial charge in [-0.1, -0.05) is 23.7 Å². The van der Waals surface area contributed by atoms with E-state index >= 15 is 0 Å². The van der Waals surface area contributed by atoms with Crippen LogP contribution in [0.3, 0.4) is 0 Å². The molecule has 0 unspecified atom stereocenters. The van der Waals surface area contributed by atoms with Gasteiger partial charge in [0, 0.05) is 5.02 Å². The average Bonchev–Trinajstić information content (AvgIpc) is 2.38. The molecule has 0 bridgehead atoms. The number of ether oxygens (including phenoxy) is 1. The van der Waals surface area contributed by atoms with Crippen molar-refractivity contribution in [1.29, 1.82) is 0 Å². The second kappa shape index (κ2) is 4.42. The number of benzene rings is 2. The Morgan fingerprint density at radius 1 is 1.11 bits per heavy atom. The van der Waals surface area contributed by atoms with Crippen LogP contribution < -0.4 is 4.74 Å². The Bertz CT molecular complexity index is 622. The summed E-state index contributed by atoms with van der Waals surface area (Å²) in [7, 11) is 0. The molecule has 0 aliphatic carbocycles. The lowest BCUT2D eigenvalue weighted by molar-refractivity contribution is 0.373. The first-order valence-corrected chi connectivity index (χ1v) is 5.86. The smallest absolute Gasteiger partial charge is 0.145 e. The van der Waals surface area contributed by atoms with Crippen molar-refractivity contribution in [3.63, 3.8) is 0 Å². The number of hydrogen-bond acceptors (Lipinski definition) is 2. The van der Waals surface area contributed by atoms with Crippen molar-refractivity contribution in [2.75, 3.05) is 6.61 Å². The Labute approximate surface area is 109 Å². The molecule has 2 aromatic rings. The fourth-order valence-electron chi connectivity index (χ4n) is 1.81. The highest BCUT2D eigenvalue weighted by Crippen LogP contribution is 2.33. The molecule has 1 aliphatic rings. The summed E-state index contributed by atoms with van der Waals surface area (Å²) in [6, 6.07) is 11.5. The third-order valence-electron chi connectivity index (χ3n) is 2.72. The summed E-state index contributed by atoms with van der Waals surface area (Å²) in [4.78, 5) is 4.49. The van der Waals surface area contributed by atoms with Gasteiger partial charge in [0.25, 0.3) is 0 Å². The Morgan fingerprint density at radius 2 is 1.89 bits per heavy atom. The maximum Gasteiger partial charge on any atom is 0.145 e. The molecule has 0 fully saturated rings. The van der Waals surface area contributed by atoms with E-state index in [9.17, 15) is 4.39 Å². The van der Waals surface area contributed by atoms with E-state index in [4.69, 9.17) is 16.3 Å². The molecule has 18 heavy (non-hydrogen) atoms. The molecule has 2 aromatic carbocycles. The summed E-state index contributed by atoms with van der Waals surface area (Å²) in [5, 5.41) is 0.612. The summed E-state index contributed by atoms with van der Waals surface area (Å²) >= 11 is 5.92. The van der Waals surface area contributed by atoms with Crippen molar-refractivity contribution in [2.24, 2.45) is 4.99 Å². The second-order valence-corrected chi connectivity index (χ2v) is 4.40. The minimum Gasteiger partial charge on any atom is -0.485 e. The number of fused-ring (bicyclic) bond motifs is 1. The minimum absolute atomic E-state index is 0.264. The highest BCUT2D eigenvalue weighted by atomic mass is 35.5. The first-order valence-electron chi connectivity index (χ1n) is 5.48. The highest BCUT2D eigenvalue weighted by Gasteiger charge is 2.14. The second-order valence-electron chi connectivity index (χ2n) is 3.97. The quantitative estimate of drug-likeness (QED) is 0.761. The van der Waals surface area contributed by atoms with E-state index < -0.39 is 0 Å². The van der Waals surface area contributed by atoms with Crippen molar-refractivity contribution in [3.8, 4) is 5.75 Å². The molecule has 0 saturated heterocycles. The van der Waals surface area contributed by atoms with E-state index in [1.807, 2.05) is 0 Å². The van der Waals surface area contributed by atoms with E-state index in [1.54, 1.807) is 30.3 Å². The van der Waals surface area contributed by atoms with E-state index in [0.29, 0.717) is 23.1 Å². The third-order valence-corrected chi connectivity index (χ3v) is 2.95. The summed E-state index contributed by atoms with van der Waals surface area (Å²) in [6.07, 6.45) is 0. The van der Waals surface area contributed by atoms with Gasteiger partial charge in [-0.05, 0) is 35.9 Å². The van der Waals surface area contributed by atoms with Gasteiger partial charge in [-0.25, -0.2) is 9.38 Å². The monoisotopic (exact) mass is 261 g/mol. The Hall–Kier alpha value is -1.87. The van der Waals surface area contributed by atoms with Crippen molar-refractivity contribution >= 4 is 23.0 Å². The summed E-state index contributed by atoms with van der Waals surface area (Å²) in [5.41, 5.74) is 2.32. The molecule has 0 spiro atoms. The largest absolute Gasteiger partial charge is 0.485 e. The standard InChI is InChI=1S/C14H9ClFNO/c15-10-3-6-14-12(7-10)17-13(8-18-14)9-1-4-11(16)5-2-9/h1-7H,8H2. The molecule has 1 heterocycles. The molecule has 0 aromatic heterocycles. The van der Waals surface area contributed by atoms with Gasteiger partial charge in [-0.2, -0.15) is 0 Å². The predicted octanol–water partition coefficient (Wildman–Crippen LogP) is 3.99. The Balaban J connectivity index is 2.02. The zero-order valence-electron chi connectivity index (χ0n) is 9.36. The first-order chi connectivity index (χ1) is 8.72. The maximum absolute atomic E-state index is 12.9. The number of hydrogen-bond donors (Lipinski definition) is 0. The lowest BCUT2D eigenvalue weighted by Gasteiger charge is -2.17. The van der Waals surface area contributed by atoms with Crippen LogP contribution in [0.15, 0.2) is 47.5 Å². The normalized spacial score (nSPS) is 13.6. The molecule has 0 atom stereocenters. The van der Waals surface area contributed by atoms with Crippen molar-refractivity contribution in [2.45, 2.75) is 0 Å². The van der Waals surface area contributed by atoms with Gasteiger partial charge >= 0.3 is 0 Å². The van der Waals surface area contributed by atoms with E-state index in [1.165, 1.54) is 12.1 Å². The van der Waals surface area contributed by atoms with Gasteiger partial charge in [0.05, 0.1) is 5.71 Å². The molecule has 90 valence electrons. The summed E-state index contributed by atoms with van der Waals surface area (Å²) in [6.45, 7) is 0.375. The highest BCUT2D eigenvalue weighted by molar-refractivity contribution is 6.31. The minimum atomic E-state index is -0.264. The zero-order chi connectivity index (χ0) is 12.5. The van der Waals surface area contributed by atoms with Crippen LogP contribution >= 0.6 is 11.6 Å². The molecule has 3 rings (SSSR count). The topological polar surface area (TPSA) is 21.6 Å². The Kier molecular flexibility index (Phi) is 2.76. The molecule has 0 N–H and O–H groups in total. The maximum atomic E-state index is 12.9. The van der Waals surface area contributed by atoms with E-state index in [-0.39, 0.29) is 5.82 Å². The van der Waals surface area contributed by atoms with Gasteiger partial charge < -0.3 is 4.74 Å². The van der Waals surface area contributed by atoms with Gasteiger partial charge in [-0.15, -0.1) is 0 Å². The molecule has 2 nitrogen and oxygen atoms in total. The van der Waals surface area contributed by atoms with Crippen molar-refractivity contribution in [3.05, 3.63) is 58.9 Å². The predicted molar refractivity (Wildman–Crippen MR) is 69.5 cm³/mol. The summed E-state index contributed by atoms with van der Waals surface area (Å²) in [5.74, 6) is 0.449. The van der Waals surface area contributed by atoms with Gasteiger partial charge in [0.1, 0.15) is 23.9 Å². The molecule has 0 radical (unpaired) electrons. The lowest BCUT2D eigenvalue weighted by Crippen LogP contribution is -2.16. The number of rotatable bonds is 1. The fourth-order valence-corrected chi connectivity index (χ4v) is 1.98. The van der Waals surface area contributed by atoms with Gasteiger partial charge in [-0.3, -0.25) is 0 Å². The number of nitrogens with zero attached hydrogens (tertiary/aromatic N) is 1. The Morgan fingerprint density at radius 3 is 2.67 bits per heavy atom. The molecular weight excluding hydrogens is 253 g/mol. The SMILES string of the molecule is Fc1ccc(C2=Nc3cc(Cl)ccc3OC2)cc1. The average molecular weight is 262 g/mol. The fraction of sp³-hybridized carbons (Fsp3) is 0.0714. The van der Waals surface area contributed by atoms with Crippen LogP contribution in [-0.2, 0) is 0 Å². The molecule has 1 aliphatic heterocycles. The number of aliphatic imine (C=N–C) groups is 1. The van der Waals surface area contributed by atoms with Crippen LogP contribution in [0.4, 0.5) is 10.1 Å². The van der Waals surface area contributed by atoms with Crippen LogP contribution in [0, 0.1) is 5.82 Å². The molecule has 4 heteroatoms. The zero-order valence-corrected chi connectivity index (χ0v) is 10.1. The lowest BCUT2D eigenvalue weighted by atomic mass is 10.1. The third kappa shape index (κ3) is 2.09. The van der Waals surface area contributed by atoms with Gasteiger partial charge in [0.2, 0.25) is 0 Å². The van der Waals surface area contributed by atoms with Crippen LogP contribution in [0.5, 0.6) is 5.75 Å². The van der Waals surface area contributed by atoms with Crippen LogP contribution in [0.25, 0.3) is 0 Å². The van der Waals surface area contributed by atoms with E-state index in [2.05, 4.69) is 4.99 Å².